The fourth-order valence-electron chi connectivity index (χ4n) is 4.63. The Bertz CT molecular complexity index is 1260. The average Bonchev–Trinajstić information content (AvgIpc) is 3.03. The largest absolute Gasteiger partial charge is 0.505 e. The van der Waals surface area contributed by atoms with Gasteiger partial charge in [-0.15, -0.1) is 0 Å². The van der Waals surface area contributed by atoms with Gasteiger partial charge in [0.15, 0.2) is 11.0 Å². The number of pyridine rings is 1. The first kappa shape index (κ1) is 31.8. The molecule has 0 aliphatic carbocycles. The van der Waals surface area contributed by atoms with Gasteiger partial charge in [0.1, 0.15) is 17.3 Å². The number of anilines is 2. The fourth-order valence-corrected chi connectivity index (χ4v) is 5.79. The summed E-state index contributed by atoms with van der Waals surface area (Å²) >= 11 is 0. The third-order valence-corrected chi connectivity index (χ3v) is 8.27. The van der Waals surface area contributed by atoms with E-state index in [1.807, 2.05) is 38.1 Å². The van der Waals surface area contributed by atoms with E-state index >= 15 is 0 Å². The van der Waals surface area contributed by atoms with Crippen molar-refractivity contribution in [2.75, 3.05) is 48.5 Å². The molecule has 0 bridgehead atoms. The van der Waals surface area contributed by atoms with Gasteiger partial charge in [0.05, 0.1) is 10.6 Å². The second-order valence-electron chi connectivity index (χ2n) is 9.42. The zero-order valence-corrected chi connectivity index (χ0v) is 25.3. The lowest BCUT2D eigenvalue weighted by Crippen LogP contribution is -2.46. The first-order valence-electron chi connectivity index (χ1n) is 14.4. The molecule has 0 radical (unpaired) electrons. The number of unbranched alkanes of at least 4 members (excludes halogenated alkanes) is 1. The summed E-state index contributed by atoms with van der Waals surface area (Å²) < 4.78 is 14.7. The third kappa shape index (κ3) is 8.65. The number of aromatic nitrogens is 1. The maximum atomic E-state index is 13.3. The molecular formula is C32H43N5O3S. The molecule has 1 unspecified atom stereocenters. The van der Waals surface area contributed by atoms with E-state index in [2.05, 4.69) is 33.6 Å². The van der Waals surface area contributed by atoms with Crippen molar-refractivity contribution < 1.29 is 14.1 Å². The van der Waals surface area contributed by atoms with Gasteiger partial charge in [0.2, 0.25) is 0 Å². The highest BCUT2D eigenvalue weighted by atomic mass is 32.2. The lowest BCUT2D eigenvalue weighted by Gasteiger charge is -2.36. The lowest BCUT2D eigenvalue weighted by atomic mass is 10.1. The van der Waals surface area contributed by atoms with Gasteiger partial charge in [-0.2, -0.15) is 0 Å². The van der Waals surface area contributed by atoms with Crippen molar-refractivity contribution in [3.63, 3.8) is 0 Å². The minimum Gasteiger partial charge on any atom is -0.505 e. The normalized spacial score (nSPS) is 14.0. The maximum absolute atomic E-state index is 13.3. The van der Waals surface area contributed by atoms with Crippen LogP contribution in [0.25, 0.3) is 0 Å². The van der Waals surface area contributed by atoms with Gasteiger partial charge in [-0.3, -0.25) is 9.69 Å². The summed E-state index contributed by atoms with van der Waals surface area (Å²) in [5.41, 5.74) is 1.99. The number of carbonyl (C=O) groups excluding carboxylic acids is 1. The molecule has 1 fully saturated rings. The van der Waals surface area contributed by atoms with Gasteiger partial charge in [0.25, 0.3) is 5.91 Å². The summed E-state index contributed by atoms with van der Waals surface area (Å²) in [4.78, 5) is 22.5. The van der Waals surface area contributed by atoms with E-state index in [9.17, 15) is 14.1 Å². The van der Waals surface area contributed by atoms with Crippen LogP contribution in [-0.2, 0) is 22.2 Å². The van der Waals surface area contributed by atoms with Crippen LogP contribution in [0.3, 0.4) is 0 Å². The summed E-state index contributed by atoms with van der Waals surface area (Å²) in [6.45, 7) is 15.1. The Morgan fingerprint density at radius 1 is 1.00 bits per heavy atom. The van der Waals surface area contributed by atoms with Crippen LogP contribution in [0.15, 0.2) is 90.1 Å². The molecule has 4 rings (SSSR count). The molecule has 1 amide bonds. The molecule has 1 aromatic heterocycles. The predicted molar refractivity (Wildman–Crippen MR) is 168 cm³/mol. The zero-order chi connectivity index (χ0) is 29.6. The lowest BCUT2D eigenvalue weighted by molar-refractivity contribution is -0.117. The van der Waals surface area contributed by atoms with Crippen LogP contribution in [0.2, 0.25) is 0 Å². The molecule has 41 heavy (non-hydrogen) atoms. The molecule has 1 aliphatic heterocycles. The second kappa shape index (κ2) is 16.5. The number of phenolic OH excluding ortho intramolecular Hbond substituents is 1. The summed E-state index contributed by atoms with van der Waals surface area (Å²) in [6, 6.07) is 20.2. The number of amides is 1. The van der Waals surface area contributed by atoms with Crippen molar-refractivity contribution >= 4 is 28.4 Å². The Balaban J connectivity index is 0.00000226. The number of hydrogen-bond acceptors (Lipinski definition) is 6. The summed E-state index contributed by atoms with van der Waals surface area (Å²) in [5.74, 6) is 0.432. The monoisotopic (exact) mass is 577 g/mol. The summed E-state index contributed by atoms with van der Waals surface area (Å²) in [7, 11) is -1.67. The Kier molecular flexibility index (Phi) is 12.8. The second-order valence-corrected chi connectivity index (χ2v) is 10.8. The smallest absolute Gasteiger partial charge is 0.268 e. The summed E-state index contributed by atoms with van der Waals surface area (Å²) in [6.07, 6.45) is 4.18. The van der Waals surface area contributed by atoms with Crippen LogP contribution in [0.4, 0.5) is 11.5 Å². The van der Waals surface area contributed by atoms with Crippen molar-refractivity contribution in [1.82, 2.24) is 15.2 Å². The Hall–Kier alpha value is -3.69. The zero-order valence-electron chi connectivity index (χ0n) is 24.5. The quantitative estimate of drug-likeness (QED) is 0.229. The molecule has 3 aromatic rings. The number of benzene rings is 2. The molecule has 1 aliphatic rings. The highest BCUT2D eigenvalue weighted by molar-refractivity contribution is 7.86. The van der Waals surface area contributed by atoms with E-state index in [1.165, 1.54) is 4.31 Å². The molecule has 9 heteroatoms. The van der Waals surface area contributed by atoms with Crippen molar-refractivity contribution in [2.24, 2.45) is 0 Å². The van der Waals surface area contributed by atoms with Crippen LogP contribution in [0.5, 0.6) is 5.75 Å². The molecule has 0 saturated carbocycles. The van der Waals surface area contributed by atoms with Crippen LogP contribution in [-0.4, -0.2) is 64.4 Å². The number of hydrogen-bond donors (Lipinski definition) is 2. The molecule has 8 nitrogen and oxygen atoms in total. The van der Waals surface area contributed by atoms with Crippen molar-refractivity contribution in [2.45, 2.75) is 44.9 Å². The number of rotatable bonds is 12. The van der Waals surface area contributed by atoms with Crippen LogP contribution in [0, 0.1) is 0 Å². The molecule has 2 heterocycles. The fraction of sp³-hybridized carbons (Fsp3) is 0.375. The topological polar surface area (TPSA) is 89.0 Å². The van der Waals surface area contributed by atoms with E-state index in [-0.39, 0.29) is 11.6 Å². The van der Waals surface area contributed by atoms with Crippen molar-refractivity contribution in [1.29, 1.82) is 0 Å². The van der Waals surface area contributed by atoms with Crippen molar-refractivity contribution in [3.8, 4) is 5.75 Å². The number of nitrogens with zero attached hydrogens (tertiary/aromatic N) is 4. The molecule has 1 atom stereocenters. The van der Waals surface area contributed by atoms with Gasteiger partial charge >= 0.3 is 0 Å². The number of nitrogens with one attached hydrogen (secondary N) is 1. The van der Waals surface area contributed by atoms with Gasteiger partial charge in [0, 0.05) is 38.9 Å². The molecule has 2 N–H and O–H groups in total. The number of phenols is 1. The molecule has 220 valence electrons. The molecule has 1 saturated heterocycles. The number of aromatic hydroxyl groups is 1. The summed E-state index contributed by atoms with van der Waals surface area (Å²) in [5, 5.41) is 13.5. The highest BCUT2D eigenvalue weighted by Gasteiger charge is 2.25. The molecule has 0 spiro atoms. The van der Waals surface area contributed by atoms with E-state index in [0.29, 0.717) is 23.0 Å². The minimum atomic E-state index is -1.67. The molecular weight excluding hydrogens is 534 g/mol. The van der Waals surface area contributed by atoms with E-state index in [1.54, 1.807) is 48.7 Å². The van der Waals surface area contributed by atoms with E-state index < -0.39 is 11.0 Å². The number of carbonyl (C=O) groups is 1. The van der Waals surface area contributed by atoms with Gasteiger partial charge in [-0.1, -0.05) is 63.7 Å². The minimum absolute atomic E-state index is 0.0856. The predicted octanol–water partition coefficient (Wildman–Crippen LogP) is 5.14. The van der Waals surface area contributed by atoms with Gasteiger partial charge in [-0.25, -0.2) is 13.5 Å². The van der Waals surface area contributed by atoms with Gasteiger partial charge < -0.3 is 15.3 Å². The van der Waals surface area contributed by atoms with E-state index in [4.69, 9.17) is 0 Å². The number of aryl methyl sites for hydroxylation is 1. The van der Waals surface area contributed by atoms with E-state index in [0.717, 1.165) is 63.2 Å². The van der Waals surface area contributed by atoms with Gasteiger partial charge in [-0.05, 0) is 61.7 Å². The third-order valence-electron chi connectivity index (χ3n) is 6.85. The van der Waals surface area contributed by atoms with Crippen LogP contribution < -0.4 is 14.5 Å². The van der Waals surface area contributed by atoms with Crippen molar-refractivity contribution in [3.05, 3.63) is 90.8 Å². The molecule has 2 aromatic carbocycles. The Morgan fingerprint density at radius 2 is 1.71 bits per heavy atom. The Labute approximate surface area is 247 Å². The number of para-hydroxylation sites is 1. The highest BCUT2D eigenvalue weighted by Crippen LogP contribution is 2.31. The SMILES string of the molecule is C=C(C(=O)NCCCCN1CCN(c2cccc(CC)c2O)CC1)N(c1ccccn1)S(=O)c1ccccc1.CC. The van der Waals surface area contributed by atoms with Crippen LogP contribution in [0.1, 0.15) is 39.2 Å². The first-order chi connectivity index (χ1) is 20.0. The standard InChI is InChI=1S/C30H37N5O3S.C2H6/c1-3-25-12-11-15-27(29(25)36)34-22-20-33(21-23-34)19-10-9-18-32-30(37)24(2)35(28-16-7-8-17-31-28)39(38)26-13-5-4-6-14-26;1-2/h4-8,11-17,36H,2-3,9-10,18-23H2,1H3,(H,32,37);1-2H3. The first-order valence-corrected chi connectivity index (χ1v) is 15.5. The Morgan fingerprint density at radius 3 is 2.37 bits per heavy atom. The maximum Gasteiger partial charge on any atom is 0.268 e. The number of piperazine rings is 1. The van der Waals surface area contributed by atoms with Crippen LogP contribution >= 0.6 is 0 Å². The average molecular weight is 578 g/mol.